The van der Waals surface area contributed by atoms with Crippen molar-refractivity contribution in [2.75, 3.05) is 6.54 Å². The van der Waals surface area contributed by atoms with Gasteiger partial charge < -0.3 is 15.8 Å². The summed E-state index contributed by atoms with van der Waals surface area (Å²) < 4.78 is 6.15. The fourth-order valence-electron chi connectivity index (χ4n) is 7.04. The van der Waals surface area contributed by atoms with Crippen molar-refractivity contribution in [2.45, 2.75) is 97.1 Å². The Hall–Kier alpha value is -2.76. The van der Waals surface area contributed by atoms with Crippen LogP contribution in [0.4, 0.5) is 0 Å². The zero-order chi connectivity index (χ0) is 27.9. The molecule has 3 N–H and O–H groups in total. The summed E-state index contributed by atoms with van der Waals surface area (Å²) in [5, 5.41) is 13.5. The highest BCUT2D eigenvalue weighted by Gasteiger charge is 2.47. The van der Waals surface area contributed by atoms with Crippen LogP contribution in [0.2, 0.25) is 0 Å². The number of thiophene rings is 1. The fraction of sp³-hybridized carbons (Fsp3) is 0.613. The Morgan fingerprint density at radius 1 is 1.33 bits per heavy atom. The van der Waals surface area contributed by atoms with Crippen LogP contribution in [0.15, 0.2) is 23.5 Å². The van der Waals surface area contributed by atoms with Gasteiger partial charge in [-0.1, -0.05) is 20.8 Å². The van der Waals surface area contributed by atoms with Gasteiger partial charge in [0.15, 0.2) is 0 Å². The van der Waals surface area contributed by atoms with Gasteiger partial charge in [-0.15, -0.1) is 11.3 Å². The number of rotatable bonds is 9. The molecule has 2 aromatic rings. The Balaban J connectivity index is 1.36. The summed E-state index contributed by atoms with van der Waals surface area (Å²) in [7, 11) is 0. The van der Waals surface area contributed by atoms with Crippen LogP contribution in [0.1, 0.15) is 97.6 Å². The van der Waals surface area contributed by atoms with Crippen molar-refractivity contribution in [3.63, 3.8) is 0 Å². The second-order valence-corrected chi connectivity index (χ2v) is 13.1. The van der Waals surface area contributed by atoms with Gasteiger partial charge in [0, 0.05) is 38.7 Å². The summed E-state index contributed by atoms with van der Waals surface area (Å²) >= 11 is 1.71. The van der Waals surface area contributed by atoms with E-state index in [1.807, 2.05) is 6.92 Å². The van der Waals surface area contributed by atoms with Crippen molar-refractivity contribution in [3.8, 4) is 12.1 Å². The Kier molecular flexibility index (Phi) is 7.85. The van der Waals surface area contributed by atoms with Gasteiger partial charge in [0.2, 0.25) is 5.78 Å². The second kappa shape index (κ2) is 11.0. The molecule has 1 saturated carbocycles. The lowest BCUT2D eigenvalue weighted by atomic mass is 9.62. The van der Waals surface area contributed by atoms with E-state index in [4.69, 9.17) is 10.5 Å². The van der Waals surface area contributed by atoms with E-state index in [1.54, 1.807) is 23.6 Å². The summed E-state index contributed by atoms with van der Waals surface area (Å²) in [6.45, 7) is 11.7. The van der Waals surface area contributed by atoms with Gasteiger partial charge in [-0.3, -0.25) is 4.79 Å². The third kappa shape index (κ3) is 5.00. The molecule has 208 valence electrons. The smallest absolute Gasteiger partial charge is 0.317 e. The normalized spacial score (nSPS) is 27.5. The first-order valence-electron chi connectivity index (χ1n) is 14.5. The third-order valence-electron chi connectivity index (χ3n) is 9.50. The number of fused-ring (bicyclic) bond motifs is 2. The molecule has 39 heavy (non-hydrogen) atoms. The average Bonchev–Trinajstić information content (AvgIpc) is 3.37. The van der Waals surface area contributed by atoms with Crippen molar-refractivity contribution in [2.24, 2.45) is 23.5 Å². The fourth-order valence-corrected chi connectivity index (χ4v) is 8.30. The summed E-state index contributed by atoms with van der Waals surface area (Å²) in [6, 6.07) is 4.92. The van der Waals surface area contributed by atoms with Crippen LogP contribution in [0.25, 0.3) is 0 Å². The predicted octanol–water partition coefficient (Wildman–Crippen LogP) is 5.61. The van der Waals surface area contributed by atoms with Crippen LogP contribution in [0.3, 0.4) is 0 Å². The molecule has 0 amide bonds. The zero-order valence-corrected chi connectivity index (χ0v) is 24.7. The molecule has 0 aromatic carbocycles. The molecule has 1 spiro atoms. The molecule has 0 radical (unpaired) electrons. The molecule has 5 rings (SSSR count). The van der Waals surface area contributed by atoms with E-state index in [0.717, 1.165) is 61.1 Å². The number of allylic oxidation sites excluding steroid dienone is 2. The van der Waals surface area contributed by atoms with Crippen molar-refractivity contribution in [1.29, 1.82) is 5.26 Å². The molecule has 4 unspecified atom stereocenters. The minimum atomic E-state index is -0.437. The highest BCUT2D eigenvalue weighted by molar-refractivity contribution is 7.12. The van der Waals surface area contributed by atoms with Gasteiger partial charge in [0.1, 0.15) is 17.9 Å². The van der Waals surface area contributed by atoms with Gasteiger partial charge in [-0.25, -0.2) is 4.98 Å². The molecular weight excluding hydrogens is 506 g/mol. The lowest BCUT2D eigenvalue weighted by molar-refractivity contribution is 0.101. The number of aryl methyl sites for hydroxylation is 2. The van der Waals surface area contributed by atoms with Crippen LogP contribution < -0.4 is 15.8 Å². The number of nitrogens with one attached hydrogen (secondary N) is 1. The van der Waals surface area contributed by atoms with Crippen LogP contribution in [-0.2, 0) is 11.8 Å². The van der Waals surface area contributed by atoms with Crippen molar-refractivity contribution < 1.29 is 9.53 Å². The number of aromatic nitrogens is 2. The maximum absolute atomic E-state index is 13.8. The molecule has 1 fully saturated rings. The molecule has 2 heterocycles. The van der Waals surface area contributed by atoms with Crippen molar-refractivity contribution in [1.82, 2.24) is 15.3 Å². The first-order valence-corrected chi connectivity index (χ1v) is 15.3. The van der Waals surface area contributed by atoms with E-state index in [9.17, 15) is 10.1 Å². The SMILES string of the molecule is CCNC1C(C)C1CC(C)[C@H](C)Oc1nccc(C(=O)C2=C(N)[C@@]3(CCC2)CCCc2sc(C)c(C#N)c23)n1. The van der Waals surface area contributed by atoms with Crippen LogP contribution in [0.5, 0.6) is 6.01 Å². The number of hydrogen-bond donors (Lipinski definition) is 2. The van der Waals surface area contributed by atoms with Gasteiger partial charge in [0.25, 0.3) is 0 Å². The topological polar surface area (TPSA) is 114 Å². The molecular formula is C31H41N5O2S. The average molecular weight is 548 g/mol. The summed E-state index contributed by atoms with van der Waals surface area (Å²) in [5.41, 5.74) is 9.88. The minimum Gasteiger partial charge on any atom is -0.460 e. The van der Waals surface area contributed by atoms with Crippen LogP contribution in [0, 0.1) is 36.0 Å². The third-order valence-corrected chi connectivity index (χ3v) is 10.7. The van der Waals surface area contributed by atoms with Gasteiger partial charge in [0.05, 0.1) is 5.56 Å². The number of Topliss-reactive ketones (excluding diaryl/α,β-unsaturated/α-hetero) is 1. The number of nitriles is 1. The highest BCUT2D eigenvalue weighted by Crippen LogP contribution is 2.52. The van der Waals surface area contributed by atoms with Crippen molar-refractivity contribution in [3.05, 3.63) is 50.1 Å². The van der Waals surface area contributed by atoms with Crippen LogP contribution >= 0.6 is 11.3 Å². The van der Waals surface area contributed by atoms with E-state index < -0.39 is 5.41 Å². The first-order chi connectivity index (χ1) is 18.7. The first kappa shape index (κ1) is 27.8. The van der Waals surface area contributed by atoms with E-state index in [-0.39, 0.29) is 17.9 Å². The van der Waals surface area contributed by atoms with E-state index in [0.29, 0.717) is 47.2 Å². The largest absolute Gasteiger partial charge is 0.460 e. The Labute approximate surface area is 236 Å². The number of nitrogens with zero attached hydrogens (tertiary/aromatic N) is 3. The molecule has 2 aromatic heterocycles. The van der Waals surface area contributed by atoms with E-state index in [1.165, 1.54) is 4.88 Å². The quantitative estimate of drug-likeness (QED) is 0.392. The molecule has 0 bridgehead atoms. The molecule has 3 aliphatic carbocycles. The van der Waals surface area contributed by atoms with E-state index >= 15 is 0 Å². The Morgan fingerprint density at radius 3 is 2.79 bits per heavy atom. The lowest BCUT2D eigenvalue weighted by Crippen LogP contribution is -2.40. The highest BCUT2D eigenvalue weighted by atomic mass is 32.1. The summed E-state index contributed by atoms with van der Waals surface area (Å²) in [4.78, 5) is 25.0. The summed E-state index contributed by atoms with van der Waals surface area (Å²) in [6.07, 6.45) is 7.81. The maximum atomic E-state index is 13.8. The molecule has 7 nitrogen and oxygen atoms in total. The lowest BCUT2D eigenvalue weighted by Gasteiger charge is -2.42. The number of carbonyl (C=O) groups excluding carboxylic acids is 1. The van der Waals surface area contributed by atoms with Crippen LogP contribution in [-0.4, -0.2) is 34.4 Å². The van der Waals surface area contributed by atoms with Crippen molar-refractivity contribution >= 4 is 17.1 Å². The van der Waals surface area contributed by atoms with Gasteiger partial charge >= 0.3 is 6.01 Å². The minimum absolute atomic E-state index is 0.0699. The monoisotopic (exact) mass is 547 g/mol. The van der Waals surface area contributed by atoms with Gasteiger partial charge in [-0.2, -0.15) is 10.2 Å². The second-order valence-electron chi connectivity index (χ2n) is 11.8. The van der Waals surface area contributed by atoms with E-state index in [2.05, 4.69) is 49.0 Å². The number of ketones is 1. The number of nitrogens with two attached hydrogens (primary N) is 1. The molecule has 6 atom stereocenters. The number of ether oxygens (including phenoxy) is 1. The predicted molar refractivity (Wildman–Crippen MR) is 154 cm³/mol. The molecule has 3 aliphatic rings. The zero-order valence-electron chi connectivity index (χ0n) is 23.8. The number of hydrogen-bond acceptors (Lipinski definition) is 8. The molecule has 8 heteroatoms. The van der Waals surface area contributed by atoms with Gasteiger partial charge in [-0.05, 0) is 94.7 Å². The Morgan fingerprint density at radius 2 is 2.08 bits per heavy atom. The number of carbonyl (C=O) groups is 1. The maximum Gasteiger partial charge on any atom is 0.317 e. The molecule has 0 aliphatic heterocycles. The standard InChI is InChI=1S/C31H41N5O2S/c1-6-34-27-18(3)22(27)15-17(2)19(4)38-30-35-14-11-24(36-30)28(37)21-9-7-12-31(29(21)33)13-8-10-25-26(31)23(16-32)20(5)39-25/h11,14,17-19,22,27,34H,6-10,12-13,15,33H2,1-5H3/t17?,18?,19-,22?,27?,31-/m0/s1. The summed E-state index contributed by atoms with van der Waals surface area (Å²) in [5.74, 6) is 1.54. The Bertz CT molecular complexity index is 1330. The molecule has 0 saturated heterocycles.